The van der Waals surface area contributed by atoms with Crippen molar-refractivity contribution in [2.75, 3.05) is 24.2 Å². The molecule has 0 aromatic carbocycles. The zero-order chi connectivity index (χ0) is 19.6. The fourth-order valence-electron chi connectivity index (χ4n) is 3.97. The Balaban J connectivity index is 1.18. The van der Waals surface area contributed by atoms with Crippen molar-refractivity contribution in [3.05, 3.63) is 54.8 Å². The topological polar surface area (TPSA) is 94.6 Å². The second kappa shape index (κ2) is 7.54. The number of aromatic amines is 1. The van der Waals surface area contributed by atoms with Crippen LogP contribution in [0.3, 0.4) is 0 Å². The largest absolute Gasteiger partial charge is 0.376 e. The third-order valence-corrected chi connectivity index (χ3v) is 5.42. The van der Waals surface area contributed by atoms with Crippen LogP contribution in [0.1, 0.15) is 25.0 Å². The summed E-state index contributed by atoms with van der Waals surface area (Å²) in [7, 11) is 2.05. The van der Waals surface area contributed by atoms with Gasteiger partial charge in [-0.1, -0.05) is 6.08 Å². The van der Waals surface area contributed by atoms with E-state index in [1.165, 1.54) is 5.57 Å². The summed E-state index contributed by atoms with van der Waals surface area (Å²) in [6, 6.07) is 4.64. The second-order valence-electron chi connectivity index (χ2n) is 7.69. The van der Waals surface area contributed by atoms with Crippen LogP contribution < -0.4 is 10.6 Å². The van der Waals surface area contributed by atoms with Gasteiger partial charge in [0.1, 0.15) is 5.82 Å². The first-order chi connectivity index (χ1) is 14.2. The lowest BCUT2D eigenvalue weighted by molar-refractivity contribution is 0.512. The average Bonchev–Trinajstić information content (AvgIpc) is 3.35. The second-order valence-corrected chi connectivity index (χ2v) is 7.69. The molecule has 2 aliphatic rings. The van der Waals surface area contributed by atoms with Crippen LogP contribution in [-0.2, 0) is 0 Å². The lowest BCUT2D eigenvalue weighted by Crippen LogP contribution is -2.22. The average molecular weight is 388 g/mol. The number of nitrogens with one attached hydrogen (secondary N) is 3. The van der Waals surface area contributed by atoms with Gasteiger partial charge in [-0.3, -0.25) is 4.98 Å². The number of imidazole rings is 1. The molecule has 1 aliphatic heterocycles. The maximum atomic E-state index is 4.60. The monoisotopic (exact) mass is 388 g/mol. The molecule has 0 bridgehead atoms. The van der Waals surface area contributed by atoms with Crippen molar-refractivity contribution in [3.8, 4) is 0 Å². The van der Waals surface area contributed by atoms with Crippen LogP contribution in [0.25, 0.3) is 16.7 Å². The van der Waals surface area contributed by atoms with Crippen LogP contribution in [0, 0.1) is 0 Å². The molecule has 3 N–H and O–H groups in total. The highest BCUT2D eigenvalue weighted by molar-refractivity contribution is 5.72. The fourth-order valence-corrected chi connectivity index (χ4v) is 3.97. The molecular weight excluding hydrogens is 364 g/mol. The Labute approximate surface area is 169 Å². The van der Waals surface area contributed by atoms with Gasteiger partial charge in [0.25, 0.3) is 0 Å². The van der Waals surface area contributed by atoms with Crippen molar-refractivity contribution in [1.82, 2.24) is 29.8 Å². The number of rotatable bonds is 5. The maximum absolute atomic E-state index is 4.60. The van der Waals surface area contributed by atoms with Gasteiger partial charge in [-0.05, 0) is 49.2 Å². The van der Waals surface area contributed by atoms with Crippen molar-refractivity contribution in [2.45, 2.75) is 31.3 Å². The van der Waals surface area contributed by atoms with E-state index in [0.29, 0.717) is 12.1 Å². The van der Waals surface area contributed by atoms with Crippen molar-refractivity contribution < 1.29 is 0 Å². The molecule has 0 saturated heterocycles. The fraction of sp³-hybridized carbons (Fsp3) is 0.333. The summed E-state index contributed by atoms with van der Waals surface area (Å²) < 4.78 is 0. The summed E-state index contributed by atoms with van der Waals surface area (Å²) in [5.41, 5.74) is 3.80. The van der Waals surface area contributed by atoms with Gasteiger partial charge in [0.15, 0.2) is 5.65 Å². The molecule has 0 radical (unpaired) electrons. The molecule has 1 aliphatic carbocycles. The van der Waals surface area contributed by atoms with E-state index in [2.05, 4.69) is 59.8 Å². The first-order valence-electron chi connectivity index (χ1n) is 9.97. The molecule has 8 nitrogen and oxygen atoms in total. The summed E-state index contributed by atoms with van der Waals surface area (Å²) in [6.07, 6.45) is 14.8. The first kappa shape index (κ1) is 17.7. The number of allylic oxidation sites excluding steroid dienone is 2. The Morgan fingerprint density at radius 1 is 1.10 bits per heavy atom. The number of anilines is 2. The highest BCUT2D eigenvalue weighted by Crippen LogP contribution is 2.25. The lowest BCUT2D eigenvalue weighted by atomic mass is 10.1. The van der Waals surface area contributed by atoms with Crippen molar-refractivity contribution in [3.63, 3.8) is 0 Å². The molecule has 2 atom stereocenters. The van der Waals surface area contributed by atoms with E-state index in [4.69, 9.17) is 0 Å². The van der Waals surface area contributed by atoms with E-state index in [9.17, 15) is 0 Å². The Morgan fingerprint density at radius 3 is 2.79 bits per heavy atom. The number of hydrogen-bond donors (Lipinski definition) is 3. The molecule has 29 heavy (non-hydrogen) atoms. The molecule has 5 rings (SSSR count). The van der Waals surface area contributed by atoms with Crippen LogP contribution in [0.2, 0.25) is 0 Å². The summed E-state index contributed by atoms with van der Waals surface area (Å²) in [5, 5.41) is 7.02. The molecule has 1 fully saturated rings. The quantitative estimate of drug-likeness (QED) is 0.618. The Bertz CT molecular complexity index is 1020. The van der Waals surface area contributed by atoms with Crippen molar-refractivity contribution in [1.29, 1.82) is 0 Å². The first-order valence-corrected chi connectivity index (χ1v) is 9.97. The summed E-state index contributed by atoms with van der Waals surface area (Å²) in [4.78, 5) is 23.4. The number of pyridine rings is 1. The van der Waals surface area contributed by atoms with Gasteiger partial charge in [-0.25, -0.2) is 9.97 Å². The highest BCUT2D eigenvalue weighted by Gasteiger charge is 2.25. The van der Waals surface area contributed by atoms with E-state index in [0.717, 1.165) is 54.4 Å². The summed E-state index contributed by atoms with van der Waals surface area (Å²) in [5.74, 6) is 1.61. The van der Waals surface area contributed by atoms with Gasteiger partial charge in [-0.15, -0.1) is 0 Å². The van der Waals surface area contributed by atoms with Gasteiger partial charge in [-0.2, -0.15) is 4.98 Å². The van der Waals surface area contributed by atoms with Crippen LogP contribution in [-0.4, -0.2) is 55.5 Å². The maximum Gasteiger partial charge on any atom is 0.202 e. The molecule has 3 aromatic heterocycles. The van der Waals surface area contributed by atoms with Gasteiger partial charge in [0, 0.05) is 31.9 Å². The zero-order valence-electron chi connectivity index (χ0n) is 16.3. The highest BCUT2D eigenvalue weighted by atomic mass is 15.2. The molecular formula is C21H24N8. The van der Waals surface area contributed by atoms with Crippen LogP contribution in [0.5, 0.6) is 0 Å². The van der Waals surface area contributed by atoms with E-state index in [-0.39, 0.29) is 0 Å². The van der Waals surface area contributed by atoms with Crippen molar-refractivity contribution in [2.24, 2.45) is 0 Å². The normalized spacial score (nSPS) is 21.4. The van der Waals surface area contributed by atoms with Crippen LogP contribution in [0.15, 0.2) is 49.1 Å². The minimum Gasteiger partial charge on any atom is -0.376 e. The minimum atomic E-state index is 0.370. The summed E-state index contributed by atoms with van der Waals surface area (Å²) >= 11 is 0. The predicted octanol–water partition coefficient (Wildman–Crippen LogP) is 3.04. The SMILES string of the molecule is CN1C=CC=C(c2cnc(N[C@H]3CC[C@H](Nc4nc5ncccc5[nH]4)C3)cn2)C1. The molecule has 0 amide bonds. The molecule has 8 heteroatoms. The molecule has 3 aromatic rings. The smallest absolute Gasteiger partial charge is 0.202 e. The number of aromatic nitrogens is 5. The predicted molar refractivity (Wildman–Crippen MR) is 114 cm³/mol. The third-order valence-electron chi connectivity index (χ3n) is 5.42. The van der Waals surface area contributed by atoms with E-state index < -0.39 is 0 Å². The molecule has 0 spiro atoms. The zero-order valence-corrected chi connectivity index (χ0v) is 16.3. The number of fused-ring (bicyclic) bond motifs is 1. The molecule has 148 valence electrons. The van der Waals surface area contributed by atoms with Crippen LogP contribution >= 0.6 is 0 Å². The Kier molecular flexibility index (Phi) is 4.59. The van der Waals surface area contributed by atoms with Gasteiger partial charge in [0.2, 0.25) is 5.95 Å². The number of H-pyrrole nitrogens is 1. The van der Waals surface area contributed by atoms with E-state index >= 15 is 0 Å². The molecule has 0 unspecified atom stereocenters. The third kappa shape index (κ3) is 3.91. The number of likely N-dealkylation sites (N-methyl/N-ethyl adjacent to an activating group) is 1. The van der Waals surface area contributed by atoms with Gasteiger partial charge >= 0.3 is 0 Å². The van der Waals surface area contributed by atoms with Crippen LogP contribution in [0.4, 0.5) is 11.8 Å². The number of nitrogens with zero attached hydrogens (tertiary/aromatic N) is 5. The van der Waals surface area contributed by atoms with Gasteiger partial charge < -0.3 is 20.5 Å². The Hall–Kier alpha value is -3.42. The summed E-state index contributed by atoms with van der Waals surface area (Å²) in [6.45, 7) is 0.852. The standard InChI is InChI=1S/C21H24N8/c1-29-9-3-4-14(13-29)18-11-24-19(12-23-18)25-15-6-7-16(10-15)26-21-27-17-5-2-8-22-20(17)28-21/h2-5,8-9,11-12,15-16H,6-7,10,13H2,1H3,(H,24,25)(H2,22,26,27,28)/t15-,16-/m0/s1. The number of hydrogen-bond acceptors (Lipinski definition) is 7. The van der Waals surface area contributed by atoms with E-state index in [1.54, 1.807) is 6.20 Å². The van der Waals surface area contributed by atoms with E-state index in [1.807, 2.05) is 30.6 Å². The molecule has 1 saturated carbocycles. The van der Waals surface area contributed by atoms with Gasteiger partial charge in [0.05, 0.1) is 23.6 Å². The minimum absolute atomic E-state index is 0.370. The lowest BCUT2D eigenvalue weighted by Gasteiger charge is -2.19. The molecule has 4 heterocycles. The van der Waals surface area contributed by atoms with Crippen molar-refractivity contribution >= 4 is 28.5 Å². The Morgan fingerprint density at radius 2 is 2.00 bits per heavy atom.